The summed E-state index contributed by atoms with van der Waals surface area (Å²) in [4.78, 5) is 0.203. The van der Waals surface area contributed by atoms with Crippen LogP contribution in [0, 0.1) is 0 Å². The topological polar surface area (TPSA) is 81.2 Å². The van der Waals surface area contributed by atoms with Crippen LogP contribution in [0.1, 0.15) is 54.4 Å². The number of rotatable bonds is 7. The summed E-state index contributed by atoms with van der Waals surface area (Å²) in [6.07, 6.45) is 1.57. The highest BCUT2D eigenvalue weighted by molar-refractivity contribution is 7.89. The molecule has 0 amide bonds. The Morgan fingerprint density at radius 3 is 2.12 bits per heavy atom. The van der Waals surface area contributed by atoms with Gasteiger partial charge in [0.05, 0.1) is 29.2 Å². The molecule has 0 aromatic heterocycles. The van der Waals surface area contributed by atoms with E-state index in [0.29, 0.717) is 24.7 Å². The van der Waals surface area contributed by atoms with Crippen molar-refractivity contribution in [1.82, 2.24) is 4.72 Å². The predicted octanol–water partition coefficient (Wildman–Crippen LogP) is 2.05. The summed E-state index contributed by atoms with van der Waals surface area (Å²) >= 11 is 0. The first-order chi connectivity index (χ1) is 12.0. The highest BCUT2D eigenvalue weighted by Crippen LogP contribution is 2.31. The molecule has 3 N–H and O–H groups in total. The molecule has 0 unspecified atom stereocenters. The van der Waals surface area contributed by atoms with E-state index >= 15 is 0 Å². The number of ether oxygens (including phenoxy) is 2. The molecule has 0 atom stereocenters. The zero-order valence-corrected chi connectivity index (χ0v) is 17.6. The van der Waals surface area contributed by atoms with E-state index in [1.165, 1.54) is 0 Å². The minimum atomic E-state index is -3.63. The van der Waals surface area contributed by atoms with Crippen molar-refractivity contribution < 1.29 is 23.2 Å². The Morgan fingerprint density at radius 2 is 1.58 bits per heavy atom. The number of nitrogens with one attached hydrogen (secondary N) is 1. The van der Waals surface area contributed by atoms with Gasteiger partial charge in [-0.3, -0.25) is 0 Å². The third-order valence-corrected chi connectivity index (χ3v) is 5.99. The normalized spacial score (nSPS) is 19.9. The van der Waals surface area contributed by atoms with E-state index < -0.39 is 10.0 Å². The van der Waals surface area contributed by atoms with Crippen molar-refractivity contribution in [3.63, 3.8) is 0 Å². The van der Waals surface area contributed by atoms with Gasteiger partial charge in [0.15, 0.2) is 11.5 Å². The maximum absolute atomic E-state index is 12.9. The van der Waals surface area contributed by atoms with Crippen molar-refractivity contribution in [1.29, 1.82) is 0 Å². The van der Waals surface area contributed by atoms with Gasteiger partial charge >= 0.3 is 0 Å². The number of hydrogen-bond acceptors (Lipinski definition) is 4. The minimum absolute atomic E-state index is 0.00968. The number of sulfonamides is 1. The summed E-state index contributed by atoms with van der Waals surface area (Å²) in [6, 6.07) is 4.67. The fraction of sp³-hybridized carbons (Fsp3) is 0.684. The molecule has 0 radical (unpaired) electrons. The van der Waals surface area contributed by atoms with Gasteiger partial charge in [-0.1, -0.05) is 0 Å². The summed E-state index contributed by atoms with van der Waals surface area (Å²) in [6.45, 7) is 13.3. The third-order valence-electron chi connectivity index (χ3n) is 4.47. The highest BCUT2D eigenvalue weighted by Gasteiger charge is 2.43. The van der Waals surface area contributed by atoms with E-state index in [4.69, 9.17) is 9.47 Å². The summed E-state index contributed by atoms with van der Waals surface area (Å²) < 4.78 is 39.8. The van der Waals surface area contributed by atoms with Gasteiger partial charge in [0.2, 0.25) is 10.0 Å². The molecule has 1 aromatic rings. The number of piperidine rings is 1. The predicted molar refractivity (Wildman–Crippen MR) is 102 cm³/mol. The van der Waals surface area contributed by atoms with Crippen molar-refractivity contribution in [2.24, 2.45) is 0 Å². The van der Waals surface area contributed by atoms with Gasteiger partial charge in [0.1, 0.15) is 0 Å². The van der Waals surface area contributed by atoms with Crippen LogP contribution in [0.5, 0.6) is 11.5 Å². The van der Waals surface area contributed by atoms with Gasteiger partial charge < -0.3 is 14.8 Å². The smallest absolute Gasteiger partial charge is 0.240 e. The zero-order chi connectivity index (χ0) is 19.6. The van der Waals surface area contributed by atoms with Crippen molar-refractivity contribution in [2.75, 3.05) is 13.2 Å². The molecule has 0 aliphatic carbocycles. The van der Waals surface area contributed by atoms with Crippen molar-refractivity contribution in [2.45, 2.75) is 76.4 Å². The van der Waals surface area contributed by atoms with E-state index in [1.54, 1.807) is 18.2 Å². The number of hydrogen-bond donors (Lipinski definition) is 2. The second kappa shape index (κ2) is 7.74. The van der Waals surface area contributed by atoms with Crippen LogP contribution in [0.25, 0.3) is 0 Å². The molecular weight excluding hydrogens is 352 g/mol. The first-order valence-corrected chi connectivity index (χ1v) is 10.8. The van der Waals surface area contributed by atoms with Gasteiger partial charge in [0.25, 0.3) is 0 Å². The summed E-state index contributed by atoms with van der Waals surface area (Å²) in [7, 11) is -3.63. The SMILES string of the molecule is CCOc1ccc(S(=O)(=O)NC2CC(C)(C)[NH2+]C(C)(C)C2)cc1OCC. The molecule has 1 heterocycles. The lowest BCUT2D eigenvalue weighted by molar-refractivity contribution is -0.787. The van der Waals surface area contributed by atoms with Crippen LogP contribution in [0.15, 0.2) is 23.1 Å². The molecule has 1 fully saturated rings. The molecule has 148 valence electrons. The first-order valence-electron chi connectivity index (χ1n) is 9.27. The lowest BCUT2D eigenvalue weighted by Crippen LogP contribution is -3.06. The monoisotopic (exact) mass is 385 g/mol. The Kier molecular flexibility index (Phi) is 6.25. The molecule has 7 heteroatoms. The van der Waals surface area contributed by atoms with E-state index in [9.17, 15) is 8.42 Å². The van der Waals surface area contributed by atoms with Crippen LogP contribution in [-0.4, -0.2) is 38.8 Å². The lowest BCUT2D eigenvalue weighted by atomic mass is 9.80. The second-order valence-electron chi connectivity index (χ2n) is 8.32. The van der Waals surface area contributed by atoms with Crippen LogP contribution in [0.2, 0.25) is 0 Å². The Hall–Kier alpha value is -1.31. The molecule has 26 heavy (non-hydrogen) atoms. The molecular formula is C19H33N2O4S+. The van der Waals surface area contributed by atoms with Gasteiger partial charge in [-0.05, 0) is 53.7 Å². The molecule has 0 spiro atoms. The fourth-order valence-corrected chi connectivity index (χ4v) is 5.34. The largest absolute Gasteiger partial charge is 0.490 e. The maximum Gasteiger partial charge on any atom is 0.240 e. The van der Waals surface area contributed by atoms with Gasteiger partial charge in [-0.25, -0.2) is 13.1 Å². The Bertz CT molecular complexity index is 713. The molecule has 1 aliphatic heterocycles. The summed E-state index contributed by atoms with van der Waals surface area (Å²) in [5, 5.41) is 2.33. The Morgan fingerprint density at radius 1 is 1.04 bits per heavy atom. The van der Waals surface area contributed by atoms with Crippen molar-refractivity contribution in [3.05, 3.63) is 18.2 Å². The fourth-order valence-electron chi connectivity index (χ4n) is 4.09. The lowest BCUT2D eigenvalue weighted by Gasteiger charge is -2.43. The molecule has 0 saturated carbocycles. The molecule has 0 bridgehead atoms. The summed E-state index contributed by atoms with van der Waals surface area (Å²) in [5.41, 5.74) is -0.0194. The average molecular weight is 386 g/mol. The quantitative estimate of drug-likeness (QED) is 0.753. The van der Waals surface area contributed by atoms with Crippen LogP contribution in [0.4, 0.5) is 0 Å². The molecule has 6 nitrogen and oxygen atoms in total. The average Bonchev–Trinajstić information content (AvgIpc) is 2.45. The van der Waals surface area contributed by atoms with E-state index in [-0.39, 0.29) is 22.0 Å². The van der Waals surface area contributed by atoms with Crippen molar-refractivity contribution >= 4 is 10.0 Å². The van der Waals surface area contributed by atoms with E-state index in [0.717, 1.165) is 12.8 Å². The number of benzene rings is 1. The standard InChI is InChI=1S/C19H32N2O4S/c1-7-24-16-10-9-15(11-17(16)25-8-2)26(22,23)20-14-12-18(3,4)21-19(5,6)13-14/h9-11,14,20-21H,7-8,12-13H2,1-6H3/p+1. The van der Waals surface area contributed by atoms with E-state index in [1.807, 2.05) is 13.8 Å². The van der Waals surface area contributed by atoms with Crippen LogP contribution >= 0.6 is 0 Å². The second-order valence-corrected chi connectivity index (χ2v) is 10.0. The van der Waals surface area contributed by atoms with Gasteiger partial charge in [-0.2, -0.15) is 0 Å². The van der Waals surface area contributed by atoms with Crippen LogP contribution < -0.4 is 19.5 Å². The third kappa shape index (κ3) is 5.34. The van der Waals surface area contributed by atoms with Gasteiger partial charge in [-0.15, -0.1) is 0 Å². The first kappa shape index (κ1) is 21.0. The minimum Gasteiger partial charge on any atom is -0.490 e. The summed E-state index contributed by atoms with van der Waals surface area (Å²) in [5.74, 6) is 1.01. The Labute approximate surface area is 157 Å². The molecule has 2 rings (SSSR count). The molecule has 1 aliphatic rings. The Balaban J connectivity index is 2.25. The molecule has 1 saturated heterocycles. The highest BCUT2D eigenvalue weighted by atomic mass is 32.2. The van der Waals surface area contributed by atoms with E-state index in [2.05, 4.69) is 37.7 Å². The van der Waals surface area contributed by atoms with Crippen LogP contribution in [0.3, 0.4) is 0 Å². The van der Waals surface area contributed by atoms with Crippen LogP contribution in [-0.2, 0) is 10.0 Å². The van der Waals surface area contributed by atoms with Crippen molar-refractivity contribution in [3.8, 4) is 11.5 Å². The maximum atomic E-state index is 12.9. The number of nitrogens with two attached hydrogens (primary N) is 1. The van der Waals surface area contributed by atoms with Gasteiger partial charge in [0, 0.05) is 24.9 Å². The zero-order valence-electron chi connectivity index (χ0n) is 16.8. The molecule has 1 aromatic carbocycles. The number of quaternary nitrogens is 1.